The van der Waals surface area contributed by atoms with Crippen molar-refractivity contribution in [2.75, 3.05) is 0 Å². The highest BCUT2D eigenvalue weighted by Gasteiger charge is 2.13. The normalized spacial score (nSPS) is 17.5. The van der Waals surface area contributed by atoms with Gasteiger partial charge in [-0.25, -0.2) is 0 Å². The predicted molar refractivity (Wildman–Crippen MR) is 68.2 cm³/mol. The molecular formula is C15H24. The van der Waals surface area contributed by atoms with Gasteiger partial charge in [0, 0.05) is 0 Å². The van der Waals surface area contributed by atoms with Crippen LogP contribution >= 0.6 is 0 Å². The number of rotatable bonds is 1. The highest BCUT2D eigenvalue weighted by molar-refractivity contribution is 5.19. The third-order valence-electron chi connectivity index (χ3n) is 3.13. The minimum absolute atomic E-state index is 0.851. The summed E-state index contributed by atoms with van der Waals surface area (Å²) in [6.45, 7) is 4.00. The molecule has 1 saturated carbocycles. The van der Waals surface area contributed by atoms with Gasteiger partial charge in [0.1, 0.15) is 0 Å². The number of hydrogen-bond donors (Lipinski definition) is 0. The van der Waals surface area contributed by atoms with E-state index in [-0.39, 0.29) is 0 Å². The van der Waals surface area contributed by atoms with Gasteiger partial charge in [0.25, 0.3) is 0 Å². The first kappa shape index (κ1) is 12.3. The van der Waals surface area contributed by atoms with E-state index < -0.39 is 0 Å². The highest BCUT2D eigenvalue weighted by Crippen LogP contribution is 2.31. The summed E-state index contributed by atoms with van der Waals surface area (Å²) in [6, 6.07) is 11.0. The van der Waals surface area contributed by atoms with Crippen molar-refractivity contribution in [3.63, 3.8) is 0 Å². The smallest absolute Gasteiger partial charge is 0.0162 e. The molecule has 0 spiro atoms. The third kappa shape index (κ3) is 4.07. The van der Waals surface area contributed by atoms with Crippen molar-refractivity contribution in [1.82, 2.24) is 0 Å². The molecular weight excluding hydrogens is 180 g/mol. The number of hydrogen-bond acceptors (Lipinski definition) is 0. The highest BCUT2D eigenvalue weighted by atomic mass is 14.2. The lowest BCUT2D eigenvalue weighted by Gasteiger charge is -2.13. The zero-order chi connectivity index (χ0) is 10.9. The Morgan fingerprint density at radius 3 is 1.87 bits per heavy atom. The molecule has 0 heterocycles. The van der Waals surface area contributed by atoms with Crippen LogP contribution in [0, 0.1) is 0 Å². The summed E-state index contributed by atoms with van der Waals surface area (Å²) in [5.74, 6) is 0.851. The monoisotopic (exact) mass is 204 g/mol. The van der Waals surface area contributed by atoms with Crippen molar-refractivity contribution in [3.8, 4) is 0 Å². The maximum atomic E-state index is 2.29. The van der Waals surface area contributed by atoms with Crippen molar-refractivity contribution in [2.24, 2.45) is 0 Å². The second-order valence-electron chi connectivity index (χ2n) is 4.10. The zero-order valence-corrected chi connectivity index (χ0v) is 10.2. The van der Waals surface area contributed by atoms with Crippen molar-refractivity contribution in [2.45, 2.75) is 58.3 Å². The van der Waals surface area contributed by atoms with Crippen LogP contribution < -0.4 is 0 Å². The van der Waals surface area contributed by atoms with Crippen LogP contribution in [-0.4, -0.2) is 0 Å². The van der Waals surface area contributed by atoms with Crippen molar-refractivity contribution >= 4 is 0 Å². The molecule has 1 aromatic rings. The molecule has 1 aliphatic rings. The minimum Gasteiger partial charge on any atom is -0.0683 e. The predicted octanol–water partition coefficient (Wildman–Crippen LogP) is 5.15. The summed E-state index contributed by atoms with van der Waals surface area (Å²) in [6.07, 6.45) is 8.57. The largest absolute Gasteiger partial charge is 0.0683 e. The molecule has 0 aliphatic heterocycles. The topological polar surface area (TPSA) is 0 Å². The summed E-state index contributed by atoms with van der Waals surface area (Å²) in [4.78, 5) is 0. The summed E-state index contributed by atoms with van der Waals surface area (Å²) in [7, 11) is 0. The molecule has 0 N–H and O–H groups in total. The molecule has 1 fully saturated rings. The fourth-order valence-corrected chi connectivity index (χ4v) is 2.34. The lowest BCUT2D eigenvalue weighted by molar-refractivity contribution is 0.592. The Balaban J connectivity index is 0.000000531. The first-order valence-electron chi connectivity index (χ1n) is 6.52. The Labute approximate surface area is 94.7 Å². The van der Waals surface area contributed by atoms with Gasteiger partial charge in [-0.1, -0.05) is 69.9 Å². The first-order valence-corrected chi connectivity index (χ1v) is 6.52. The van der Waals surface area contributed by atoms with Crippen LogP contribution in [0.25, 0.3) is 0 Å². The van der Waals surface area contributed by atoms with E-state index in [4.69, 9.17) is 0 Å². The summed E-state index contributed by atoms with van der Waals surface area (Å²) in [5.41, 5.74) is 1.56. The third-order valence-corrected chi connectivity index (χ3v) is 3.13. The van der Waals surface area contributed by atoms with E-state index >= 15 is 0 Å². The van der Waals surface area contributed by atoms with E-state index in [2.05, 4.69) is 30.3 Å². The Bertz CT molecular complexity index is 229. The number of benzene rings is 1. The van der Waals surface area contributed by atoms with Crippen LogP contribution in [0.5, 0.6) is 0 Å². The van der Waals surface area contributed by atoms with E-state index in [0.717, 1.165) is 5.92 Å². The van der Waals surface area contributed by atoms with Crippen LogP contribution in [-0.2, 0) is 0 Å². The molecule has 0 saturated heterocycles. The van der Waals surface area contributed by atoms with Crippen molar-refractivity contribution < 1.29 is 0 Å². The molecule has 15 heavy (non-hydrogen) atoms. The van der Waals surface area contributed by atoms with Crippen LogP contribution in [0.2, 0.25) is 0 Å². The minimum atomic E-state index is 0.851. The Morgan fingerprint density at radius 2 is 1.33 bits per heavy atom. The second kappa shape index (κ2) is 7.50. The van der Waals surface area contributed by atoms with Gasteiger partial charge in [-0.3, -0.25) is 0 Å². The molecule has 0 bridgehead atoms. The van der Waals surface area contributed by atoms with Gasteiger partial charge in [-0.05, 0) is 24.3 Å². The Morgan fingerprint density at radius 1 is 0.800 bits per heavy atom. The van der Waals surface area contributed by atoms with Gasteiger partial charge in [0.05, 0.1) is 0 Å². The molecule has 0 aromatic heterocycles. The second-order valence-corrected chi connectivity index (χ2v) is 4.10. The Hall–Kier alpha value is -0.780. The van der Waals surface area contributed by atoms with Gasteiger partial charge >= 0.3 is 0 Å². The van der Waals surface area contributed by atoms with Crippen LogP contribution in [0.15, 0.2) is 30.3 Å². The van der Waals surface area contributed by atoms with Gasteiger partial charge in [0.15, 0.2) is 0 Å². The van der Waals surface area contributed by atoms with E-state index in [1.54, 1.807) is 5.56 Å². The van der Waals surface area contributed by atoms with Crippen LogP contribution in [0.3, 0.4) is 0 Å². The molecule has 1 aromatic carbocycles. The lowest BCUT2D eigenvalue weighted by Crippen LogP contribution is -1.95. The Kier molecular flexibility index (Phi) is 6.15. The lowest BCUT2D eigenvalue weighted by atomic mass is 9.92. The quantitative estimate of drug-likeness (QED) is 0.555. The van der Waals surface area contributed by atoms with Gasteiger partial charge in [-0.2, -0.15) is 0 Å². The van der Waals surface area contributed by atoms with E-state index in [9.17, 15) is 0 Å². The van der Waals surface area contributed by atoms with E-state index in [0.29, 0.717) is 0 Å². The average molecular weight is 204 g/mol. The SMILES string of the molecule is CC.c1ccc(C2CCCCCC2)cc1. The molecule has 0 atom stereocenters. The van der Waals surface area contributed by atoms with E-state index in [1.807, 2.05) is 13.8 Å². The van der Waals surface area contributed by atoms with Gasteiger partial charge < -0.3 is 0 Å². The molecule has 0 nitrogen and oxygen atoms in total. The van der Waals surface area contributed by atoms with Crippen LogP contribution in [0.1, 0.15) is 63.9 Å². The molecule has 0 heteroatoms. The van der Waals surface area contributed by atoms with Crippen LogP contribution in [0.4, 0.5) is 0 Å². The first-order chi connectivity index (χ1) is 7.47. The molecule has 0 unspecified atom stereocenters. The molecule has 1 aliphatic carbocycles. The fourth-order valence-electron chi connectivity index (χ4n) is 2.34. The maximum Gasteiger partial charge on any atom is -0.0162 e. The van der Waals surface area contributed by atoms with Crippen molar-refractivity contribution in [1.29, 1.82) is 0 Å². The molecule has 0 radical (unpaired) electrons. The molecule has 2 rings (SSSR count). The maximum absolute atomic E-state index is 2.29. The van der Waals surface area contributed by atoms with Gasteiger partial charge in [0.2, 0.25) is 0 Å². The summed E-state index contributed by atoms with van der Waals surface area (Å²) < 4.78 is 0. The molecule has 84 valence electrons. The fraction of sp³-hybridized carbons (Fsp3) is 0.600. The standard InChI is InChI=1S/C13H18.C2H6/c1-2-5-9-12(8-4-1)13-10-6-3-7-11-13;1-2/h3,6-7,10-12H,1-2,4-5,8-9H2;1-2H3. The summed E-state index contributed by atoms with van der Waals surface area (Å²) >= 11 is 0. The molecule has 0 amide bonds. The van der Waals surface area contributed by atoms with Gasteiger partial charge in [-0.15, -0.1) is 0 Å². The average Bonchev–Trinajstić information content (AvgIpc) is 2.61. The van der Waals surface area contributed by atoms with E-state index in [1.165, 1.54) is 38.5 Å². The summed E-state index contributed by atoms with van der Waals surface area (Å²) in [5, 5.41) is 0. The zero-order valence-electron chi connectivity index (χ0n) is 10.2. The van der Waals surface area contributed by atoms with Crippen molar-refractivity contribution in [3.05, 3.63) is 35.9 Å².